The van der Waals surface area contributed by atoms with E-state index >= 15 is 0 Å². The van der Waals surface area contributed by atoms with Gasteiger partial charge in [0.2, 0.25) is 17.7 Å². The van der Waals surface area contributed by atoms with Crippen LogP contribution in [0.5, 0.6) is 0 Å². The number of alkyl carbamates (subject to hydrolysis) is 1. The average Bonchev–Trinajstić information content (AvgIpc) is 2.85. The van der Waals surface area contributed by atoms with Crippen molar-refractivity contribution < 1.29 is 29.0 Å². The Morgan fingerprint density at radius 3 is 2.37 bits per heavy atom. The molecule has 0 aliphatic rings. The zero-order valence-electron chi connectivity index (χ0n) is 22.0. The molecule has 0 aromatic heterocycles. The lowest BCUT2D eigenvalue weighted by atomic mass is 9.99. The minimum Gasteiger partial charge on any atom is -0.444 e. The van der Waals surface area contributed by atoms with Crippen molar-refractivity contribution in [3.63, 3.8) is 0 Å². The fourth-order valence-electron chi connectivity index (χ4n) is 3.74. The molecule has 0 radical (unpaired) electrons. The second kappa shape index (κ2) is 13.9. The van der Waals surface area contributed by atoms with Gasteiger partial charge in [-0.1, -0.05) is 61.2 Å². The molecule has 2 atom stereocenters. The Morgan fingerprint density at radius 2 is 1.79 bits per heavy atom. The molecule has 2 unspecified atom stereocenters. The fraction of sp³-hybridized carbons (Fsp3) is 0.357. The van der Waals surface area contributed by atoms with Crippen LogP contribution in [0.3, 0.4) is 0 Å². The summed E-state index contributed by atoms with van der Waals surface area (Å²) < 4.78 is 5.24. The largest absolute Gasteiger partial charge is 0.444 e. The number of carbonyl (C=O) groups excluding carboxylic acids is 4. The van der Waals surface area contributed by atoms with Crippen molar-refractivity contribution in [3.8, 4) is 0 Å². The van der Waals surface area contributed by atoms with Crippen LogP contribution in [0.15, 0.2) is 61.2 Å². The Hall–Kier alpha value is -4.18. The van der Waals surface area contributed by atoms with Gasteiger partial charge in [0.25, 0.3) is 0 Å². The molecule has 2 aromatic rings. The minimum absolute atomic E-state index is 0.194. The van der Waals surface area contributed by atoms with E-state index in [0.29, 0.717) is 11.1 Å². The van der Waals surface area contributed by atoms with Crippen molar-refractivity contribution in [2.75, 3.05) is 13.2 Å². The molecule has 4 amide bonds. The van der Waals surface area contributed by atoms with Gasteiger partial charge in [-0.15, -0.1) is 0 Å². The third-order valence-corrected chi connectivity index (χ3v) is 5.35. The third-order valence-electron chi connectivity index (χ3n) is 5.35. The van der Waals surface area contributed by atoms with Crippen LogP contribution in [-0.4, -0.2) is 58.6 Å². The lowest BCUT2D eigenvalue weighted by Crippen LogP contribution is -2.54. The van der Waals surface area contributed by atoms with Gasteiger partial charge in [0, 0.05) is 13.1 Å². The van der Waals surface area contributed by atoms with Crippen LogP contribution in [0.4, 0.5) is 4.79 Å². The van der Waals surface area contributed by atoms with Crippen molar-refractivity contribution in [1.29, 1.82) is 0 Å². The molecule has 0 heterocycles. The average molecular weight is 525 g/mol. The number of carbonyl (C=O) groups is 4. The molecule has 0 bridgehead atoms. The molecule has 0 spiro atoms. The van der Waals surface area contributed by atoms with Gasteiger partial charge >= 0.3 is 6.09 Å². The van der Waals surface area contributed by atoms with E-state index in [4.69, 9.17) is 10.5 Å². The molecule has 38 heavy (non-hydrogen) atoms. The van der Waals surface area contributed by atoms with E-state index in [1.807, 2.05) is 30.3 Å². The van der Waals surface area contributed by atoms with Gasteiger partial charge in [0.15, 0.2) is 0 Å². The molecule has 204 valence electrons. The van der Waals surface area contributed by atoms with E-state index in [1.165, 1.54) is 0 Å². The first kappa shape index (κ1) is 30.0. The van der Waals surface area contributed by atoms with Crippen LogP contribution in [0.25, 0.3) is 6.08 Å². The number of nitrogens with two attached hydrogens (primary N) is 1. The summed E-state index contributed by atoms with van der Waals surface area (Å²) in [6, 6.07) is 13.5. The first-order valence-electron chi connectivity index (χ1n) is 12.2. The van der Waals surface area contributed by atoms with Gasteiger partial charge in [0.05, 0.1) is 13.0 Å². The Balaban J connectivity index is 2.47. The fourth-order valence-corrected chi connectivity index (χ4v) is 3.74. The van der Waals surface area contributed by atoms with Gasteiger partial charge in [-0.05, 0) is 43.5 Å². The summed E-state index contributed by atoms with van der Waals surface area (Å²) in [4.78, 5) is 52.7. The summed E-state index contributed by atoms with van der Waals surface area (Å²) in [5, 5.41) is 15.0. The highest BCUT2D eigenvalue weighted by Crippen LogP contribution is 2.24. The second-order valence-corrected chi connectivity index (χ2v) is 9.60. The zero-order valence-corrected chi connectivity index (χ0v) is 22.0. The van der Waals surface area contributed by atoms with Crippen molar-refractivity contribution in [1.82, 2.24) is 15.5 Å². The molecule has 0 fully saturated rings. The van der Waals surface area contributed by atoms with Gasteiger partial charge in [-0.25, -0.2) is 4.79 Å². The summed E-state index contributed by atoms with van der Waals surface area (Å²) in [7, 11) is 0. The number of aliphatic hydroxyl groups is 1. The predicted octanol–water partition coefficient (Wildman–Crippen LogP) is 2.28. The van der Waals surface area contributed by atoms with Crippen LogP contribution in [0.2, 0.25) is 0 Å². The first-order valence-corrected chi connectivity index (χ1v) is 12.2. The molecular weight excluding hydrogens is 488 g/mol. The highest BCUT2D eigenvalue weighted by molar-refractivity contribution is 5.94. The van der Waals surface area contributed by atoms with Gasteiger partial charge in [-0.2, -0.15) is 0 Å². The number of aliphatic hydroxyl groups excluding tert-OH is 1. The zero-order chi connectivity index (χ0) is 28.3. The number of rotatable bonds is 12. The topological polar surface area (TPSA) is 151 Å². The number of primary amides is 1. The maximum absolute atomic E-state index is 13.8. The number of hydrogen-bond donors (Lipinski definition) is 4. The number of nitrogens with zero attached hydrogens (tertiary/aromatic N) is 1. The molecule has 0 saturated heterocycles. The van der Waals surface area contributed by atoms with Crippen molar-refractivity contribution in [2.24, 2.45) is 5.73 Å². The Kier molecular flexibility index (Phi) is 11.0. The molecule has 0 aliphatic carbocycles. The van der Waals surface area contributed by atoms with Crippen LogP contribution in [0.1, 0.15) is 49.9 Å². The Bertz CT molecular complexity index is 1130. The van der Waals surface area contributed by atoms with Crippen LogP contribution in [-0.2, 0) is 25.7 Å². The van der Waals surface area contributed by atoms with Gasteiger partial charge in [-0.3, -0.25) is 14.4 Å². The number of nitrogens with one attached hydrogen (secondary N) is 2. The summed E-state index contributed by atoms with van der Waals surface area (Å²) in [6.45, 7) is 8.16. The molecule has 2 aromatic carbocycles. The number of benzene rings is 2. The number of amides is 4. The number of hydrogen-bond acceptors (Lipinski definition) is 6. The van der Waals surface area contributed by atoms with Crippen LogP contribution >= 0.6 is 0 Å². The van der Waals surface area contributed by atoms with Crippen molar-refractivity contribution in [2.45, 2.75) is 51.4 Å². The normalized spacial score (nSPS) is 12.5. The first-order chi connectivity index (χ1) is 17.9. The van der Waals surface area contributed by atoms with E-state index in [0.717, 1.165) is 10.5 Å². The lowest BCUT2D eigenvalue weighted by molar-refractivity contribution is -0.144. The molecule has 10 heteroatoms. The summed E-state index contributed by atoms with van der Waals surface area (Å²) in [5.74, 6) is -2.15. The highest BCUT2D eigenvalue weighted by atomic mass is 16.6. The Labute approximate surface area is 222 Å². The summed E-state index contributed by atoms with van der Waals surface area (Å²) >= 11 is 0. The molecule has 10 nitrogen and oxygen atoms in total. The summed E-state index contributed by atoms with van der Waals surface area (Å²) in [6.07, 6.45) is 0.130. The second-order valence-electron chi connectivity index (χ2n) is 9.60. The predicted molar refractivity (Wildman–Crippen MR) is 143 cm³/mol. The van der Waals surface area contributed by atoms with Gasteiger partial charge in [0.1, 0.15) is 17.7 Å². The van der Waals surface area contributed by atoms with Crippen molar-refractivity contribution in [3.05, 3.63) is 77.9 Å². The molecular formula is C28H36N4O6. The molecule has 0 aliphatic heterocycles. The maximum Gasteiger partial charge on any atom is 0.408 e. The van der Waals surface area contributed by atoms with Crippen molar-refractivity contribution >= 4 is 29.9 Å². The standard InChI is InChI=1S/C28H36N4O6/c1-5-19-12-9-13-21(16-19)24(25(35)30-18-20-10-7-6-8-11-20)32(14-15-33)26(36)22(17-23(29)34)31-27(37)38-28(2,3)4/h5-13,16,22,24,33H,1,14-15,17-18H2,2-4H3,(H2,29,34)(H,30,35)(H,31,37). The maximum atomic E-state index is 13.8. The molecule has 2 rings (SSSR count). The van der Waals surface area contributed by atoms with E-state index in [9.17, 15) is 24.3 Å². The number of ether oxygens (including phenoxy) is 1. The SMILES string of the molecule is C=Cc1cccc(C(C(=O)NCc2ccccc2)N(CCO)C(=O)C(CC(N)=O)NC(=O)OC(C)(C)C)c1. The van der Waals surface area contributed by atoms with E-state index in [2.05, 4.69) is 17.2 Å². The third kappa shape index (κ3) is 9.36. The van der Waals surface area contributed by atoms with Crippen LogP contribution < -0.4 is 16.4 Å². The Morgan fingerprint density at radius 1 is 1.11 bits per heavy atom. The molecule has 0 saturated carbocycles. The van der Waals surface area contributed by atoms with Crippen LogP contribution in [0, 0.1) is 0 Å². The lowest BCUT2D eigenvalue weighted by Gasteiger charge is -2.34. The van der Waals surface area contributed by atoms with E-state index in [1.54, 1.807) is 51.1 Å². The quantitative estimate of drug-likeness (QED) is 0.334. The highest BCUT2D eigenvalue weighted by Gasteiger charge is 2.36. The minimum atomic E-state index is -1.43. The monoisotopic (exact) mass is 524 g/mol. The smallest absolute Gasteiger partial charge is 0.408 e. The van der Waals surface area contributed by atoms with E-state index < -0.39 is 54.5 Å². The van der Waals surface area contributed by atoms with E-state index in [-0.39, 0.29) is 13.1 Å². The molecule has 5 N–H and O–H groups in total. The summed E-state index contributed by atoms with van der Waals surface area (Å²) in [5.41, 5.74) is 6.51. The van der Waals surface area contributed by atoms with Gasteiger partial charge < -0.3 is 31.1 Å².